The summed E-state index contributed by atoms with van der Waals surface area (Å²) >= 11 is 0. The number of rotatable bonds is 12. The quantitative estimate of drug-likeness (QED) is 0.308. The number of carbonyl (C=O) groups is 1. The molecule has 0 fully saturated rings. The van der Waals surface area contributed by atoms with Crippen LogP contribution in [0.2, 0.25) is 0 Å². The Morgan fingerprint density at radius 1 is 0.909 bits per heavy atom. The van der Waals surface area contributed by atoms with E-state index in [1.54, 1.807) is 20.2 Å². The van der Waals surface area contributed by atoms with Gasteiger partial charge < -0.3 is 23.5 Å². The van der Waals surface area contributed by atoms with Crippen LogP contribution in [-0.2, 0) is 22.5 Å². The zero-order chi connectivity index (χ0) is 23.5. The first kappa shape index (κ1) is 23.9. The molecule has 33 heavy (non-hydrogen) atoms. The van der Waals surface area contributed by atoms with E-state index < -0.39 is 5.97 Å². The molecule has 3 aromatic rings. The van der Waals surface area contributed by atoms with Crippen LogP contribution in [0.15, 0.2) is 71.7 Å². The lowest BCUT2D eigenvalue weighted by Crippen LogP contribution is -2.22. The first-order chi connectivity index (χ1) is 16.1. The van der Waals surface area contributed by atoms with Crippen molar-refractivity contribution in [2.45, 2.75) is 26.3 Å². The maximum absolute atomic E-state index is 12.2. The summed E-state index contributed by atoms with van der Waals surface area (Å²) in [5.41, 5.74) is 1.54. The molecule has 1 heterocycles. The van der Waals surface area contributed by atoms with Crippen molar-refractivity contribution in [3.8, 4) is 17.2 Å². The molecule has 7 heteroatoms. The Kier molecular flexibility index (Phi) is 8.94. The maximum Gasteiger partial charge on any atom is 0.344 e. The van der Waals surface area contributed by atoms with Crippen LogP contribution >= 0.6 is 0 Å². The van der Waals surface area contributed by atoms with Crippen molar-refractivity contribution >= 4 is 5.97 Å². The predicted molar refractivity (Wildman–Crippen MR) is 125 cm³/mol. The third-order valence-corrected chi connectivity index (χ3v) is 5.10. The van der Waals surface area contributed by atoms with Gasteiger partial charge in [-0.2, -0.15) is 0 Å². The van der Waals surface area contributed by atoms with Gasteiger partial charge in [0.25, 0.3) is 0 Å². The number of benzene rings is 2. The van der Waals surface area contributed by atoms with Gasteiger partial charge in [-0.25, -0.2) is 4.79 Å². The van der Waals surface area contributed by atoms with Crippen molar-refractivity contribution in [2.75, 3.05) is 26.9 Å². The van der Waals surface area contributed by atoms with Crippen LogP contribution in [0.1, 0.15) is 17.7 Å². The Hall–Kier alpha value is -3.74. The number of carbonyl (C=O) groups excluding carboxylic acids is 1. The second-order valence-corrected chi connectivity index (χ2v) is 7.41. The van der Waals surface area contributed by atoms with Crippen LogP contribution < -0.4 is 19.6 Å². The molecule has 0 saturated carbocycles. The van der Waals surface area contributed by atoms with Crippen LogP contribution in [0.5, 0.6) is 17.2 Å². The third-order valence-electron chi connectivity index (χ3n) is 5.10. The van der Waals surface area contributed by atoms with Gasteiger partial charge in [-0.1, -0.05) is 30.3 Å². The van der Waals surface area contributed by atoms with Gasteiger partial charge in [0.1, 0.15) is 18.1 Å². The summed E-state index contributed by atoms with van der Waals surface area (Å²) in [5.74, 6) is 1.12. The molecule has 0 N–H and O–H groups in total. The molecule has 0 aliphatic carbocycles. The molecular formula is C26H29NO6. The molecule has 7 nitrogen and oxygen atoms in total. The first-order valence-electron chi connectivity index (χ1n) is 10.9. The standard InChI is InChI=1S/C26H29NO6/c1-20-26(33-19-25(29)32-17-6-9-21-7-4-3-5-8-21)24(28)14-15-27(20)16-18-31-23-12-10-22(30-2)11-13-23/h3-5,7-8,10-15H,6,9,16-19H2,1-2H3. The van der Waals surface area contributed by atoms with Crippen molar-refractivity contribution in [3.05, 3.63) is 88.3 Å². The SMILES string of the molecule is COc1ccc(OCCn2ccc(=O)c(OCC(=O)OCCCc3ccccc3)c2C)cc1. The molecule has 0 atom stereocenters. The summed E-state index contributed by atoms with van der Waals surface area (Å²) in [6.45, 7) is 2.68. The number of pyridine rings is 1. The fraction of sp³-hybridized carbons (Fsp3) is 0.308. The molecular weight excluding hydrogens is 422 g/mol. The van der Waals surface area contributed by atoms with E-state index in [2.05, 4.69) is 0 Å². The highest BCUT2D eigenvalue weighted by atomic mass is 16.6. The molecule has 0 saturated heterocycles. The molecule has 0 spiro atoms. The van der Waals surface area contributed by atoms with Crippen molar-refractivity contribution in [2.24, 2.45) is 0 Å². The average Bonchev–Trinajstić information content (AvgIpc) is 2.84. The molecule has 3 rings (SSSR count). The Labute approximate surface area is 193 Å². The van der Waals surface area contributed by atoms with Crippen LogP contribution in [-0.4, -0.2) is 37.5 Å². The Morgan fingerprint density at radius 2 is 1.64 bits per heavy atom. The maximum atomic E-state index is 12.2. The van der Waals surface area contributed by atoms with E-state index in [1.807, 2.05) is 59.2 Å². The Morgan fingerprint density at radius 3 is 2.36 bits per heavy atom. The lowest BCUT2D eigenvalue weighted by Gasteiger charge is -2.15. The summed E-state index contributed by atoms with van der Waals surface area (Å²) < 4.78 is 23.5. The highest BCUT2D eigenvalue weighted by Crippen LogP contribution is 2.17. The number of aryl methyl sites for hydroxylation is 1. The molecule has 0 radical (unpaired) electrons. The number of esters is 1. The van der Waals surface area contributed by atoms with Crippen molar-refractivity contribution in [1.29, 1.82) is 0 Å². The average molecular weight is 452 g/mol. The topological polar surface area (TPSA) is 76.0 Å². The number of ether oxygens (including phenoxy) is 4. The normalized spacial score (nSPS) is 10.5. The zero-order valence-corrected chi connectivity index (χ0v) is 19.0. The Balaban J connectivity index is 1.45. The Bertz CT molecular complexity index is 1080. The monoisotopic (exact) mass is 451 g/mol. The van der Waals surface area contributed by atoms with E-state index in [-0.39, 0.29) is 17.8 Å². The van der Waals surface area contributed by atoms with Crippen molar-refractivity contribution in [3.63, 3.8) is 0 Å². The third kappa shape index (κ3) is 7.42. The van der Waals surface area contributed by atoms with Gasteiger partial charge >= 0.3 is 5.97 Å². The van der Waals surface area contributed by atoms with E-state index >= 15 is 0 Å². The highest BCUT2D eigenvalue weighted by Gasteiger charge is 2.12. The number of methoxy groups -OCH3 is 1. The minimum absolute atomic E-state index is 0.142. The number of nitrogens with zero attached hydrogens (tertiary/aromatic N) is 1. The number of hydrogen-bond acceptors (Lipinski definition) is 6. The number of hydrogen-bond donors (Lipinski definition) is 0. The van der Waals surface area contributed by atoms with E-state index in [1.165, 1.54) is 11.6 Å². The molecule has 0 aliphatic heterocycles. The smallest absolute Gasteiger partial charge is 0.344 e. The second-order valence-electron chi connectivity index (χ2n) is 7.41. The second kappa shape index (κ2) is 12.3. The van der Waals surface area contributed by atoms with Gasteiger partial charge in [0.05, 0.1) is 26.0 Å². The van der Waals surface area contributed by atoms with Crippen molar-refractivity contribution in [1.82, 2.24) is 4.57 Å². The van der Waals surface area contributed by atoms with Crippen LogP contribution in [0.3, 0.4) is 0 Å². The first-order valence-corrected chi connectivity index (χ1v) is 10.9. The zero-order valence-electron chi connectivity index (χ0n) is 19.0. The summed E-state index contributed by atoms with van der Waals surface area (Å²) in [5, 5.41) is 0. The molecule has 174 valence electrons. The minimum Gasteiger partial charge on any atom is -0.497 e. The molecule has 0 unspecified atom stereocenters. The molecule has 2 aromatic carbocycles. The summed E-state index contributed by atoms with van der Waals surface area (Å²) in [6.07, 6.45) is 3.24. The largest absolute Gasteiger partial charge is 0.497 e. The molecule has 1 aromatic heterocycles. The fourth-order valence-electron chi connectivity index (χ4n) is 3.29. The molecule has 0 amide bonds. The van der Waals surface area contributed by atoms with E-state index in [0.29, 0.717) is 25.5 Å². The summed E-state index contributed by atoms with van der Waals surface area (Å²) in [7, 11) is 1.61. The van der Waals surface area contributed by atoms with Crippen LogP contribution in [0.25, 0.3) is 0 Å². The highest BCUT2D eigenvalue weighted by molar-refractivity contribution is 5.71. The van der Waals surface area contributed by atoms with Gasteiger partial charge in [-0.3, -0.25) is 4.79 Å². The number of aromatic nitrogens is 1. The van der Waals surface area contributed by atoms with Crippen molar-refractivity contribution < 1.29 is 23.7 Å². The lowest BCUT2D eigenvalue weighted by atomic mass is 10.1. The van der Waals surface area contributed by atoms with Crippen LogP contribution in [0.4, 0.5) is 0 Å². The summed E-state index contributed by atoms with van der Waals surface area (Å²) in [4.78, 5) is 24.3. The van der Waals surface area contributed by atoms with Gasteiger partial charge in [0.2, 0.25) is 5.43 Å². The van der Waals surface area contributed by atoms with Gasteiger partial charge in [-0.05, 0) is 49.6 Å². The van der Waals surface area contributed by atoms with Gasteiger partial charge in [0.15, 0.2) is 12.4 Å². The van der Waals surface area contributed by atoms with E-state index in [4.69, 9.17) is 18.9 Å². The molecule has 0 aliphatic rings. The lowest BCUT2D eigenvalue weighted by molar-refractivity contribution is -0.146. The fourth-order valence-corrected chi connectivity index (χ4v) is 3.29. The van der Waals surface area contributed by atoms with Gasteiger partial charge in [0, 0.05) is 12.3 Å². The van der Waals surface area contributed by atoms with Crippen LogP contribution in [0, 0.1) is 6.92 Å². The van der Waals surface area contributed by atoms with E-state index in [0.717, 1.165) is 24.3 Å². The summed E-state index contributed by atoms with van der Waals surface area (Å²) in [6, 6.07) is 18.7. The minimum atomic E-state index is -0.500. The molecule has 0 bridgehead atoms. The van der Waals surface area contributed by atoms with E-state index in [9.17, 15) is 9.59 Å². The predicted octanol–water partition coefficient (Wildman–Crippen LogP) is 3.80. The van der Waals surface area contributed by atoms with Gasteiger partial charge in [-0.15, -0.1) is 0 Å².